The van der Waals surface area contributed by atoms with Crippen molar-refractivity contribution in [3.8, 4) is 0 Å². The van der Waals surface area contributed by atoms with Crippen LogP contribution in [0.25, 0.3) is 0 Å². The van der Waals surface area contributed by atoms with Crippen LogP contribution in [0.2, 0.25) is 0 Å². The van der Waals surface area contributed by atoms with E-state index < -0.39 is 22.8 Å². The van der Waals surface area contributed by atoms with Gasteiger partial charge in [0, 0.05) is 0 Å². The molecular weight excluding hydrogens is 440 g/mol. The van der Waals surface area contributed by atoms with E-state index in [2.05, 4.69) is 40.7 Å². The van der Waals surface area contributed by atoms with E-state index in [0.717, 1.165) is 38.5 Å². The molecule has 5 rings (SSSR count). The number of rotatable bonds is 2. The summed E-state index contributed by atoms with van der Waals surface area (Å²) in [4.78, 5) is 25.0. The first-order chi connectivity index (χ1) is 16.1. The summed E-state index contributed by atoms with van der Waals surface area (Å²) in [6.07, 6.45) is 9.97. The average molecular weight is 487 g/mol. The summed E-state index contributed by atoms with van der Waals surface area (Å²) >= 11 is 0. The number of hydrogen-bond acceptors (Lipinski definition) is 3. The van der Waals surface area contributed by atoms with Crippen LogP contribution < -0.4 is 0 Å². The summed E-state index contributed by atoms with van der Waals surface area (Å²) in [5.74, 6) is -0.770. The van der Waals surface area contributed by atoms with Crippen molar-refractivity contribution >= 4 is 11.9 Å². The first kappa shape index (κ1) is 25.3. The SMILES string of the molecule is CC1(C)[C@H]2CC[C@]3(C)[C@H](CC=C4[C@@H]5C[C@](C)(C(=O)O)CC[C@]5(C(=O)O)CC[C@]43C)[C@@]2(C)CC[C@@H]1O. The molecule has 0 bridgehead atoms. The molecule has 196 valence electrons. The lowest BCUT2D eigenvalue weighted by Gasteiger charge is -2.71. The second kappa shape index (κ2) is 7.36. The molecule has 9 atom stereocenters. The van der Waals surface area contributed by atoms with Crippen LogP contribution in [0.4, 0.5) is 0 Å². The molecule has 0 aromatic rings. The van der Waals surface area contributed by atoms with Gasteiger partial charge >= 0.3 is 11.9 Å². The highest BCUT2D eigenvalue weighted by Gasteiger charge is 2.69. The van der Waals surface area contributed by atoms with Crippen molar-refractivity contribution in [1.82, 2.24) is 0 Å². The standard InChI is InChI=1S/C30H46O5/c1-25(2)20-9-12-29(6)21(27(20,4)11-10-22(25)31)8-7-18-19-17-26(3,23(32)33)13-15-30(19,24(34)35)16-14-28(18,29)5/h7,19-22,31H,8-17H2,1-6H3,(H,32,33)(H,34,35)/t19-,20+,21+,22-,26+,27-,28+,29+,30-/m0/s1. The van der Waals surface area contributed by atoms with Gasteiger partial charge < -0.3 is 15.3 Å². The van der Waals surface area contributed by atoms with Gasteiger partial charge in [-0.1, -0.05) is 46.3 Å². The van der Waals surface area contributed by atoms with Crippen molar-refractivity contribution in [3.05, 3.63) is 11.6 Å². The zero-order chi connectivity index (χ0) is 25.8. The molecule has 3 N–H and O–H groups in total. The highest BCUT2D eigenvalue weighted by molar-refractivity contribution is 5.79. The van der Waals surface area contributed by atoms with Gasteiger partial charge in [0.15, 0.2) is 0 Å². The van der Waals surface area contributed by atoms with E-state index in [1.54, 1.807) is 0 Å². The Kier molecular flexibility index (Phi) is 5.32. The number of aliphatic hydroxyl groups is 1. The number of fused-ring (bicyclic) bond motifs is 7. The van der Waals surface area contributed by atoms with Gasteiger partial charge in [0.25, 0.3) is 0 Å². The highest BCUT2D eigenvalue weighted by atomic mass is 16.4. The minimum absolute atomic E-state index is 0.0441. The lowest BCUT2D eigenvalue weighted by molar-refractivity contribution is -0.206. The molecule has 35 heavy (non-hydrogen) atoms. The van der Waals surface area contributed by atoms with E-state index in [9.17, 15) is 24.9 Å². The molecule has 0 saturated heterocycles. The van der Waals surface area contributed by atoms with Crippen molar-refractivity contribution in [1.29, 1.82) is 0 Å². The summed E-state index contributed by atoms with van der Waals surface area (Å²) in [5.41, 5.74) is -0.474. The Morgan fingerprint density at radius 3 is 2.11 bits per heavy atom. The van der Waals surface area contributed by atoms with Gasteiger partial charge in [-0.05, 0) is 111 Å². The van der Waals surface area contributed by atoms with Crippen molar-refractivity contribution in [2.45, 2.75) is 112 Å². The van der Waals surface area contributed by atoms with Crippen LogP contribution in [-0.4, -0.2) is 33.4 Å². The molecule has 0 amide bonds. The summed E-state index contributed by atoms with van der Waals surface area (Å²) < 4.78 is 0. The molecule has 5 aliphatic carbocycles. The third-order valence-corrected chi connectivity index (χ3v) is 13.3. The quantitative estimate of drug-likeness (QED) is 0.398. The summed E-state index contributed by atoms with van der Waals surface area (Å²) in [6, 6.07) is 0. The van der Waals surface area contributed by atoms with Crippen LogP contribution in [0.3, 0.4) is 0 Å². The van der Waals surface area contributed by atoms with Crippen LogP contribution in [0.1, 0.15) is 106 Å². The van der Waals surface area contributed by atoms with Crippen LogP contribution >= 0.6 is 0 Å². The maximum atomic E-state index is 12.8. The van der Waals surface area contributed by atoms with Crippen molar-refractivity contribution < 1.29 is 24.9 Å². The molecule has 0 unspecified atom stereocenters. The number of carboxylic acids is 2. The number of carboxylic acid groups (broad SMARTS) is 2. The Labute approximate surface area is 210 Å². The van der Waals surface area contributed by atoms with E-state index in [4.69, 9.17) is 0 Å². The number of allylic oxidation sites excluding steroid dienone is 2. The lowest BCUT2D eigenvalue weighted by Crippen LogP contribution is -2.65. The second-order valence-electron chi connectivity index (χ2n) is 14.8. The van der Waals surface area contributed by atoms with E-state index in [1.165, 1.54) is 5.57 Å². The number of aliphatic hydroxyl groups excluding tert-OH is 1. The average Bonchev–Trinajstić information content (AvgIpc) is 2.77. The Balaban J connectivity index is 1.60. The smallest absolute Gasteiger partial charge is 0.310 e. The van der Waals surface area contributed by atoms with E-state index in [1.807, 2.05) is 6.92 Å². The molecule has 4 saturated carbocycles. The number of carbonyl (C=O) groups is 2. The van der Waals surface area contributed by atoms with Gasteiger partial charge in [0.05, 0.1) is 16.9 Å². The van der Waals surface area contributed by atoms with Gasteiger partial charge in [-0.25, -0.2) is 0 Å². The topological polar surface area (TPSA) is 94.8 Å². The van der Waals surface area contributed by atoms with Gasteiger partial charge in [0.1, 0.15) is 0 Å². The molecule has 5 heteroatoms. The predicted molar refractivity (Wildman–Crippen MR) is 135 cm³/mol. The van der Waals surface area contributed by atoms with E-state index >= 15 is 0 Å². The first-order valence-corrected chi connectivity index (χ1v) is 13.9. The molecular formula is C30H46O5. The third kappa shape index (κ3) is 2.97. The summed E-state index contributed by atoms with van der Waals surface area (Å²) in [5, 5.41) is 31.4. The molecule has 0 aromatic carbocycles. The fourth-order valence-corrected chi connectivity index (χ4v) is 10.6. The van der Waals surface area contributed by atoms with Gasteiger partial charge in [-0.15, -0.1) is 0 Å². The van der Waals surface area contributed by atoms with Crippen molar-refractivity contribution in [2.75, 3.05) is 0 Å². The molecule has 0 heterocycles. The fourth-order valence-electron chi connectivity index (χ4n) is 10.6. The largest absolute Gasteiger partial charge is 0.481 e. The fraction of sp³-hybridized carbons (Fsp3) is 0.867. The summed E-state index contributed by atoms with van der Waals surface area (Å²) in [7, 11) is 0. The normalized spacial score (nSPS) is 52.7. The summed E-state index contributed by atoms with van der Waals surface area (Å²) in [6.45, 7) is 13.7. The first-order valence-electron chi connectivity index (χ1n) is 13.9. The zero-order valence-electron chi connectivity index (χ0n) is 22.6. The molecule has 0 spiro atoms. The maximum absolute atomic E-state index is 12.8. The Morgan fingerprint density at radius 1 is 0.829 bits per heavy atom. The minimum atomic E-state index is -0.867. The van der Waals surface area contributed by atoms with Crippen molar-refractivity contribution in [2.24, 2.45) is 50.2 Å². The van der Waals surface area contributed by atoms with Gasteiger partial charge in [-0.2, -0.15) is 0 Å². The molecule has 0 aliphatic heterocycles. The van der Waals surface area contributed by atoms with Crippen LogP contribution in [0.5, 0.6) is 0 Å². The monoisotopic (exact) mass is 486 g/mol. The lowest BCUT2D eigenvalue weighted by atomic mass is 9.33. The second-order valence-corrected chi connectivity index (χ2v) is 14.8. The zero-order valence-corrected chi connectivity index (χ0v) is 22.6. The third-order valence-electron chi connectivity index (χ3n) is 13.3. The van der Waals surface area contributed by atoms with Gasteiger partial charge in [-0.3, -0.25) is 9.59 Å². The number of aliphatic carboxylic acids is 2. The van der Waals surface area contributed by atoms with E-state index in [0.29, 0.717) is 37.5 Å². The molecule has 5 aliphatic rings. The minimum Gasteiger partial charge on any atom is -0.481 e. The predicted octanol–water partition coefficient (Wildman–Crippen LogP) is 6.30. The van der Waals surface area contributed by atoms with Crippen LogP contribution in [0.15, 0.2) is 11.6 Å². The van der Waals surface area contributed by atoms with Crippen LogP contribution in [0, 0.1) is 50.2 Å². The van der Waals surface area contributed by atoms with Crippen LogP contribution in [-0.2, 0) is 9.59 Å². The molecule has 0 radical (unpaired) electrons. The van der Waals surface area contributed by atoms with Gasteiger partial charge in [0.2, 0.25) is 0 Å². The van der Waals surface area contributed by atoms with E-state index in [-0.39, 0.29) is 33.7 Å². The Hall–Kier alpha value is -1.36. The number of hydrogen-bond donors (Lipinski definition) is 3. The molecule has 4 fully saturated rings. The molecule has 0 aromatic heterocycles. The maximum Gasteiger partial charge on any atom is 0.310 e. The molecule has 5 nitrogen and oxygen atoms in total. The van der Waals surface area contributed by atoms with Crippen molar-refractivity contribution in [3.63, 3.8) is 0 Å². The Morgan fingerprint density at radius 2 is 1.49 bits per heavy atom. The highest BCUT2D eigenvalue weighted by Crippen LogP contribution is 2.75. The Bertz CT molecular complexity index is 983.